The van der Waals surface area contributed by atoms with E-state index in [0.717, 1.165) is 33.3 Å². The molecule has 0 amide bonds. The summed E-state index contributed by atoms with van der Waals surface area (Å²) >= 11 is 3.38. The third-order valence-corrected chi connectivity index (χ3v) is 5.59. The van der Waals surface area contributed by atoms with Gasteiger partial charge in [0.2, 0.25) is 0 Å². The summed E-state index contributed by atoms with van der Waals surface area (Å²) < 4.78 is 23.5. The number of nitrogens with zero attached hydrogens (tertiary/aromatic N) is 1. The fourth-order valence-electron chi connectivity index (χ4n) is 2.33. The zero-order chi connectivity index (χ0) is 17.6. The van der Waals surface area contributed by atoms with Gasteiger partial charge < -0.3 is 9.47 Å². The second kappa shape index (κ2) is 8.36. The van der Waals surface area contributed by atoms with Crippen LogP contribution in [0.2, 0.25) is 0 Å². The van der Waals surface area contributed by atoms with Gasteiger partial charge in [0.1, 0.15) is 10.8 Å². The monoisotopic (exact) mass is 375 g/mol. The fraction of sp³-hybridized carbons (Fsp3) is 0.211. The molecule has 0 fully saturated rings. The van der Waals surface area contributed by atoms with Crippen LogP contribution in [-0.2, 0) is 11.5 Å². The first-order chi connectivity index (χ1) is 12.2. The second-order valence-electron chi connectivity index (χ2n) is 5.33. The molecule has 130 valence electrons. The zero-order valence-electron chi connectivity index (χ0n) is 14.0. The van der Waals surface area contributed by atoms with Crippen LogP contribution in [-0.4, -0.2) is 19.2 Å². The van der Waals surface area contributed by atoms with E-state index in [1.165, 1.54) is 12.1 Å². The number of benzene rings is 2. The highest BCUT2D eigenvalue weighted by atomic mass is 32.2. The van der Waals surface area contributed by atoms with E-state index < -0.39 is 0 Å². The third kappa shape index (κ3) is 4.52. The van der Waals surface area contributed by atoms with Crippen molar-refractivity contribution in [1.29, 1.82) is 0 Å². The van der Waals surface area contributed by atoms with Gasteiger partial charge in [0.15, 0.2) is 11.5 Å². The van der Waals surface area contributed by atoms with Crippen LogP contribution in [0.4, 0.5) is 4.39 Å². The lowest BCUT2D eigenvalue weighted by Crippen LogP contribution is -1.91. The summed E-state index contributed by atoms with van der Waals surface area (Å²) in [6.45, 7) is 0. The van der Waals surface area contributed by atoms with Crippen LogP contribution in [0.25, 0.3) is 10.6 Å². The number of halogens is 1. The Morgan fingerprint density at radius 3 is 2.48 bits per heavy atom. The third-order valence-electron chi connectivity index (χ3n) is 3.61. The smallest absolute Gasteiger partial charge is 0.161 e. The SMILES string of the molecule is COc1ccc(-c2nc(CSCc3ccc(F)cc3)cs2)cc1OC. The highest BCUT2D eigenvalue weighted by molar-refractivity contribution is 7.97. The van der Waals surface area contributed by atoms with Crippen molar-refractivity contribution in [3.63, 3.8) is 0 Å². The van der Waals surface area contributed by atoms with E-state index in [1.54, 1.807) is 37.3 Å². The van der Waals surface area contributed by atoms with E-state index >= 15 is 0 Å². The number of ether oxygens (including phenoxy) is 2. The first-order valence-electron chi connectivity index (χ1n) is 7.68. The van der Waals surface area contributed by atoms with Gasteiger partial charge in [-0.3, -0.25) is 0 Å². The van der Waals surface area contributed by atoms with Gasteiger partial charge in [0.05, 0.1) is 19.9 Å². The molecule has 0 spiro atoms. The van der Waals surface area contributed by atoms with E-state index in [4.69, 9.17) is 14.5 Å². The predicted molar refractivity (Wildman–Crippen MR) is 102 cm³/mol. The molecule has 0 aliphatic rings. The molecule has 0 bridgehead atoms. The lowest BCUT2D eigenvalue weighted by atomic mass is 10.2. The average molecular weight is 375 g/mol. The van der Waals surface area contributed by atoms with Gasteiger partial charge in [0, 0.05) is 22.4 Å². The van der Waals surface area contributed by atoms with Gasteiger partial charge >= 0.3 is 0 Å². The maximum atomic E-state index is 12.9. The van der Waals surface area contributed by atoms with E-state index in [2.05, 4.69) is 5.38 Å². The van der Waals surface area contributed by atoms with Crippen LogP contribution in [0.15, 0.2) is 47.8 Å². The minimum Gasteiger partial charge on any atom is -0.493 e. The predicted octanol–water partition coefficient (Wildman–Crippen LogP) is 5.40. The summed E-state index contributed by atoms with van der Waals surface area (Å²) in [7, 11) is 3.25. The van der Waals surface area contributed by atoms with Gasteiger partial charge in [-0.25, -0.2) is 9.37 Å². The molecule has 1 heterocycles. The number of rotatable bonds is 7. The van der Waals surface area contributed by atoms with Crippen molar-refractivity contribution in [2.75, 3.05) is 14.2 Å². The minimum atomic E-state index is -0.201. The zero-order valence-corrected chi connectivity index (χ0v) is 15.6. The number of methoxy groups -OCH3 is 2. The topological polar surface area (TPSA) is 31.4 Å². The molecule has 0 unspecified atom stereocenters. The Balaban J connectivity index is 1.63. The standard InChI is InChI=1S/C19H18FNO2S2/c1-22-17-8-5-14(9-18(17)23-2)19-21-16(12-25-19)11-24-10-13-3-6-15(20)7-4-13/h3-9,12H,10-11H2,1-2H3. The maximum absolute atomic E-state index is 12.9. The molecular weight excluding hydrogens is 357 g/mol. The van der Waals surface area contributed by atoms with Gasteiger partial charge in [-0.2, -0.15) is 11.8 Å². The number of thiazole rings is 1. The molecule has 0 aliphatic carbocycles. The molecular formula is C19H18FNO2S2. The largest absolute Gasteiger partial charge is 0.493 e. The molecule has 3 nitrogen and oxygen atoms in total. The van der Waals surface area contributed by atoms with Crippen molar-refractivity contribution in [3.05, 3.63) is 64.9 Å². The van der Waals surface area contributed by atoms with Crippen LogP contribution < -0.4 is 9.47 Å². The van der Waals surface area contributed by atoms with E-state index in [9.17, 15) is 4.39 Å². The van der Waals surface area contributed by atoms with Gasteiger partial charge in [0.25, 0.3) is 0 Å². The molecule has 2 aromatic carbocycles. The van der Waals surface area contributed by atoms with Crippen molar-refractivity contribution in [3.8, 4) is 22.1 Å². The summed E-state index contributed by atoms with van der Waals surface area (Å²) in [4.78, 5) is 4.70. The molecule has 25 heavy (non-hydrogen) atoms. The maximum Gasteiger partial charge on any atom is 0.161 e. The van der Waals surface area contributed by atoms with Crippen molar-refractivity contribution in [1.82, 2.24) is 4.98 Å². The lowest BCUT2D eigenvalue weighted by Gasteiger charge is -2.08. The number of thioether (sulfide) groups is 1. The van der Waals surface area contributed by atoms with E-state index in [1.807, 2.05) is 30.3 Å². The second-order valence-corrected chi connectivity index (χ2v) is 7.18. The summed E-state index contributed by atoms with van der Waals surface area (Å²) in [5.41, 5.74) is 3.17. The number of hydrogen-bond donors (Lipinski definition) is 0. The van der Waals surface area contributed by atoms with Crippen molar-refractivity contribution >= 4 is 23.1 Å². The van der Waals surface area contributed by atoms with Crippen molar-refractivity contribution in [2.24, 2.45) is 0 Å². The van der Waals surface area contributed by atoms with Crippen LogP contribution in [0.5, 0.6) is 11.5 Å². The van der Waals surface area contributed by atoms with Crippen molar-refractivity contribution < 1.29 is 13.9 Å². The molecule has 3 rings (SSSR count). The molecule has 0 atom stereocenters. The van der Waals surface area contributed by atoms with Crippen molar-refractivity contribution in [2.45, 2.75) is 11.5 Å². The van der Waals surface area contributed by atoms with Crippen LogP contribution in [0, 0.1) is 5.82 Å². The summed E-state index contributed by atoms with van der Waals surface area (Å²) in [5, 5.41) is 3.03. The summed E-state index contributed by atoms with van der Waals surface area (Å²) in [5.74, 6) is 2.86. The molecule has 0 radical (unpaired) electrons. The molecule has 0 saturated heterocycles. The Hall–Kier alpha value is -2.05. The molecule has 6 heteroatoms. The Kier molecular flexibility index (Phi) is 5.94. The fourth-order valence-corrected chi connectivity index (χ4v) is 4.14. The first-order valence-corrected chi connectivity index (χ1v) is 9.72. The van der Waals surface area contributed by atoms with Crippen LogP contribution >= 0.6 is 23.1 Å². The Labute approximate surface area is 154 Å². The van der Waals surface area contributed by atoms with Gasteiger partial charge in [-0.05, 0) is 35.9 Å². The van der Waals surface area contributed by atoms with Gasteiger partial charge in [-0.1, -0.05) is 12.1 Å². The molecule has 1 aromatic heterocycles. The van der Waals surface area contributed by atoms with Crippen LogP contribution in [0.1, 0.15) is 11.3 Å². The van der Waals surface area contributed by atoms with E-state index in [-0.39, 0.29) is 5.82 Å². The summed E-state index contributed by atoms with van der Waals surface area (Å²) in [6.07, 6.45) is 0. The minimum absolute atomic E-state index is 0.201. The number of hydrogen-bond acceptors (Lipinski definition) is 5. The average Bonchev–Trinajstić information content (AvgIpc) is 3.11. The Bertz CT molecular complexity index is 834. The molecule has 0 saturated carbocycles. The lowest BCUT2D eigenvalue weighted by molar-refractivity contribution is 0.355. The molecule has 0 N–H and O–H groups in total. The first kappa shape index (κ1) is 17.8. The quantitative estimate of drug-likeness (QED) is 0.553. The Morgan fingerprint density at radius 1 is 1.00 bits per heavy atom. The highest BCUT2D eigenvalue weighted by Crippen LogP contribution is 2.34. The molecule has 0 aliphatic heterocycles. The molecule has 3 aromatic rings. The number of aromatic nitrogens is 1. The normalized spacial score (nSPS) is 10.7. The van der Waals surface area contributed by atoms with E-state index in [0.29, 0.717) is 11.5 Å². The Morgan fingerprint density at radius 2 is 1.76 bits per heavy atom. The summed E-state index contributed by atoms with van der Waals surface area (Å²) in [6, 6.07) is 12.4. The van der Waals surface area contributed by atoms with Gasteiger partial charge in [-0.15, -0.1) is 11.3 Å². The van der Waals surface area contributed by atoms with Crippen LogP contribution in [0.3, 0.4) is 0 Å². The highest BCUT2D eigenvalue weighted by Gasteiger charge is 2.09.